The van der Waals surface area contributed by atoms with Crippen LogP contribution in [0.15, 0.2) is 11.4 Å². The number of hydrogen-bond acceptors (Lipinski definition) is 3. The van der Waals surface area contributed by atoms with Crippen LogP contribution in [0.2, 0.25) is 0 Å². The predicted molar refractivity (Wildman–Crippen MR) is 94.2 cm³/mol. The molecule has 2 unspecified atom stereocenters. The summed E-state index contributed by atoms with van der Waals surface area (Å²) >= 11 is 1.88. The van der Waals surface area contributed by atoms with E-state index in [2.05, 4.69) is 49.4 Å². The van der Waals surface area contributed by atoms with Gasteiger partial charge in [0.25, 0.3) is 0 Å². The van der Waals surface area contributed by atoms with Crippen molar-refractivity contribution in [3.63, 3.8) is 0 Å². The number of nitrogens with one attached hydrogen (secondary N) is 1. The Morgan fingerprint density at radius 1 is 1.29 bits per heavy atom. The highest BCUT2D eigenvalue weighted by atomic mass is 32.1. The Morgan fingerprint density at radius 3 is 2.52 bits per heavy atom. The number of thiophene rings is 1. The van der Waals surface area contributed by atoms with Crippen molar-refractivity contribution in [2.45, 2.75) is 71.4 Å². The van der Waals surface area contributed by atoms with Crippen LogP contribution in [0.1, 0.15) is 69.4 Å². The summed E-state index contributed by atoms with van der Waals surface area (Å²) in [5.74, 6) is 0. The first-order valence-electron chi connectivity index (χ1n) is 8.65. The largest absolute Gasteiger partial charge is 0.308 e. The fraction of sp³-hybridized carbons (Fsp3) is 0.778. The molecule has 2 rings (SSSR count). The molecule has 2 atom stereocenters. The molecule has 1 saturated heterocycles. The van der Waals surface area contributed by atoms with Crippen LogP contribution < -0.4 is 5.32 Å². The maximum atomic E-state index is 3.85. The molecule has 0 aliphatic carbocycles. The van der Waals surface area contributed by atoms with E-state index < -0.39 is 0 Å². The summed E-state index contributed by atoms with van der Waals surface area (Å²) in [4.78, 5) is 4.17. The van der Waals surface area contributed by atoms with Crippen molar-refractivity contribution in [2.75, 3.05) is 19.6 Å². The summed E-state index contributed by atoms with van der Waals surface area (Å²) in [5.41, 5.74) is 1.71. The molecule has 21 heavy (non-hydrogen) atoms. The third kappa shape index (κ3) is 3.88. The van der Waals surface area contributed by atoms with E-state index in [1.165, 1.54) is 55.6 Å². The molecule has 1 aliphatic heterocycles. The van der Waals surface area contributed by atoms with Crippen LogP contribution in [0, 0.1) is 6.92 Å². The fourth-order valence-corrected chi connectivity index (χ4v) is 4.35. The van der Waals surface area contributed by atoms with Gasteiger partial charge < -0.3 is 5.32 Å². The molecule has 2 nitrogen and oxygen atoms in total. The van der Waals surface area contributed by atoms with Gasteiger partial charge in [0, 0.05) is 10.4 Å². The lowest BCUT2D eigenvalue weighted by atomic mass is 9.82. The molecular formula is C18H32N2S. The summed E-state index contributed by atoms with van der Waals surface area (Å²) in [6.45, 7) is 12.9. The Labute approximate surface area is 134 Å². The van der Waals surface area contributed by atoms with E-state index in [0.717, 1.165) is 6.54 Å². The third-order valence-corrected chi connectivity index (χ3v) is 5.98. The second kappa shape index (κ2) is 7.75. The molecule has 0 bridgehead atoms. The molecule has 1 aromatic heterocycles. The average Bonchev–Trinajstić information content (AvgIpc) is 2.94. The maximum absolute atomic E-state index is 3.85. The first-order chi connectivity index (χ1) is 10.1. The molecule has 1 aromatic rings. The molecule has 3 heteroatoms. The number of nitrogens with zero attached hydrogens (tertiary/aromatic N) is 1. The average molecular weight is 309 g/mol. The molecular weight excluding hydrogens is 276 g/mol. The molecule has 0 amide bonds. The first-order valence-corrected chi connectivity index (χ1v) is 9.53. The SMILES string of the molecule is CCCNC(c1csc(C)c1)C(C)(CC)N1CCCCC1. The second-order valence-electron chi connectivity index (χ2n) is 6.64. The second-order valence-corrected chi connectivity index (χ2v) is 7.75. The van der Waals surface area contributed by atoms with Crippen molar-refractivity contribution < 1.29 is 0 Å². The van der Waals surface area contributed by atoms with E-state index in [-0.39, 0.29) is 5.54 Å². The Kier molecular flexibility index (Phi) is 6.27. The molecule has 120 valence electrons. The molecule has 1 aliphatic rings. The van der Waals surface area contributed by atoms with Gasteiger partial charge in [-0.15, -0.1) is 11.3 Å². The Hall–Kier alpha value is -0.380. The number of piperidine rings is 1. The number of hydrogen-bond donors (Lipinski definition) is 1. The van der Waals surface area contributed by atoms with Crippen molar-refractivity contribution in [3.8, 4) is 0 Å². The van der Waals surface area contributed by atoms with Gasteiger partial charge in [-0.05, 0) is 76.2 Å². The Bertz CT molecular complexity index is 423. The fourth-order valence-electron chi connectivity index (χ4n) is 3.62. The zero-order valence-electron chi connectivity index (χ0n) is 14.2. The monoisotopic (exact) mass is 308 g/mol. The number of rotatable bonds is 7. The van der Waals surface area contributed by atoms with Gasteiger partial charge >= 0.3 is 0 Å². The number of likely N-dealkylation sites (tertiary alicyclic amines) is 1. The van der Waals surface area contributed by atoms with Crippen molar-refractivity contribution in [2.24, 2.45) is 0 Å². The van der Waals surface area contributed by atoms with Crippen LogP contribution in [-0.4, -0.2) is 30.1 Å². The third-order valence-electron chi connectivity index (χ3n) is 5.10. The summed E-state index contributed by atoms with van der Waals surface area (Å²) in [7, 11) is 0. The summed E-state index contributed by atoms with van der Waals surface area (Å²) in [6.07, 6.45) is 6.51. The zero-order valence-corrected chi connectivity index (χ0v) is 15.1. The van der Waals surface area contributed by atoms with Gasteiger partial charge in [-0.1, -0.05) is 20.3 Å². The minimum atomic E-state index is 0.225. The van der Waals surface area contributed by atoms with Gasteiger partial charge in [0.2, 0.25) is 0 Å². The Balaban J connectivity index is 2.26. The van der Waals surface area contributed by atoms with Crippen molar-refractivity contribution >= 4 is 11.3 Å². The maximum Gasteiger partial charge on any atom is 0.0512 e. The van der Waals surface area contributed by atoms with Gasteiger partial charge in [0.15, 0.2) is 0 Å². The van der Waals surface area contributed by atoms with E-state index in [9.17, 15) is 0 Å². The van der Waals surface area contributed by atoms with E-state index in [1.54, 1.807) is 0 Å². The highest BCUT2D eigenvalue weighted by molar-refractivity contribution is 7.10. The first kappa shape index (κ1) is 17.0. The smallest absolute Gasteiger partial charge is 0.0512 e. The predicted octanol–water partition coefficient (Wildman–Crippen LogP) is 4.75. The van der Waals surface area contributed by atoms with Gasteiger partial charge in [0.05, 0.1) is 6.04 Å². The Morgan fingerprint density at radius 2 is 2.00 bits per heavy atom. The van der Waals surface area contributed by atoms with E-state index in [0.29, 0.717) is 6.04 Å². The van der Waals surface area contributed by atoms with E-state index in [1.807, 2.05) is 11.3 Å². The van der Waals surface area contributed by atoms with Gasteiger partial charge in [-0.3, -0.25) is 4.90 Å². The summed E-state index contributed by atoms with van der Waals surface area (Å²) in [5, 5.41) is 6.21. The van der Waals surface area contributed by atoms with E-state index in [4.69, 9.17) is 0 Å². The lowest BCUT2D eigenvalue weighted by Crippen LogP contribution is -2.56. The summed E-state index contributed by atoms with van der Waals surface area (Å²) < 4.78 is 0. The van der Waals surface area contributed by atoms with Crippen LogP contribution in [-0.2, 0) is 0 Å². The highest BCUT2D eigenvalue weighted by Gasteiger charge is 2.39. The normalized spacial score (nSPS) is 21.1. The van der Waals surface area contributed by atoms with Crippen molar-refractivity contribution in [1.29, 1.82) is 0 Å². The molecule has 0 radical (unpaired) electrons. The van der Waals surface area contributed by atoms with Crippen LogP contribution in [0.5, 0.6) is 0 Å². The molecule has 1 fully saturated rings. The van der Waals surface area contributed by atoms with Gasteiger partial charge in [0.1, 0.15) is 0 Å². The minimum absolute atomic E-state index is 0.225. The van der Waals surface area contributed by atoms with Crippen molar-refractivity contribution in [1.82, 2.24) is 10.2 Å². The lowest BCUT2D eigenvalue weighted by Gasteiger charge is -2.48. The van der Waals surface area contributed by atoms with Crippen LogP contribution in [0.3, 0.4) is 0 Å². The lowest BCUT2D eigenvalue weighted by molar-refractivity contribution is 0.0425. The standard InChI is InChI=1S/C18H32N2S/c1-5-10-19-17(16-13-15(3)21-14-16)18(4,6-2)20-11-8-7-9-12-20/h13-14,17,19H,5-12H2,1-4H3. The molecule has 0 spiro atoms. The van der Waals surface area contributed by atoms with Crippen LogP contribution >= 0.6 is 11.3 Å². The van der Waals surface area contributed by atoms with Gasteiger partial charge in [-0.25, -0.2) is 0 Å². The molecule has 0 aromatic carbocycles. The minimum Gasteiger partial charge on any atom is -0.308 e. The molecule has 0 saturated carbocycles. The van der Waals surface area contributed by atoms with Crippen LogP contribution in [0.25, 0.3) is 0 Å². The molecule has 2 heterocycles. The zero-order chi connectivity index (χ0) is 15.3. The van der Waals surface area contributed by atoms with Crippen molar-refractivity contribution in [3.05, 3.63) is 21.9 Å². The number of aryl methyl sites for hydroxylation is 1. The summed E-state index contributed by atoms with van der Waals surface area (Å²) in [6, 6.07) is 2.83. The molecule has 1 N–H and O–H groups in total. The highest BCUT2D eigenvalue weighted by Crippen LogP contribution is 2.37. The quantitative estimate of drug-likeness (QED) is 0.782. The van der Waals surface area contributed by atoms with Crippen LogP contribution in [0.4, 0.5) is 0 Å². The van der Waals surface area contributed by atoms with E-state index >= 15 is 0 Å². The topological polar surface area (TPSA) is 15.3 Å². The van der Waals surface area contributed by atoms with Gasteiger partial charge in [-0.2, -0.15) is 0 Å².